The number of aromatic nitrogens is 3. The molecule has 3 atom stereocenters. The quantitative estimate of drug-likeness (QED) is 0.407. The van der Waals surface area contributed by atoms with Gasteiger partial charge in [0, 0.05) is 40.4 Å². The number of benzene rings is 1. The molecule has 1 aromatic carbocycles. The van der Waals surface area contributed by atoms with Crippen molar-refractivity contribution in [3.05, 3.63) is 77.0 Å². The Morgan fingerprint density at radius 3 is 2.68 bits per heavy atom. The average Bonchev–Trinajstić information content (AvgIpc) is 3.76. The van der Waals surface area contributed by atoms with Crippen LogP contribution in [0.5, 0.6) is 0 Å². The minimum absolute atomic E-state index is 0.0288. The second kappa shape index (κ2) is 8.99. The highest BCUT2D eigenvalue weighted by molar-refractivity contribution is 6.02. The Labute approximate surface area is 216 Å². The minimum atomic E-state index is -0.628. The molecule has 0 amide bonds. The van der Waals surface area contributed by atoms with Crippen molar-refractivity contribution in [1.82, 2.24) is 15.0 Å². The summed E-state index contributed by atoms with van der Waals surface area (Å²) in [5.74, 6) is 0.426. The fraction of sp³-hybridized carbons (Fsp3) is 0.387. The standard InChI is InChI=1S/C31H29FN4O/c1-3-6-21-25-12-11-23-27(22-7-4-5-8-26(22)32)35-30(20-13-14-34-17-24(20)18-9-10-18)36-29(23)31(25,2)15-19(16-33)28(21)37/h4-5,7-8,13-15,17-18,21,25H,3,6,9-12H2,1-2H3/t21-,25-,31-/m1/s1. The Morgan fingerprint density at radius 1 is 1.14 bits per heavy atom. The van der Waals surface area contributed by atoms with Crippen molar-refractivity contribution in [2.45, 2.75) is 63.7 Å². The van der Waals surface area contributed by atoms with Crippen LogP contribution in [-0.4, -0.2) is 20.7 Å². The summed E-state index contributed by atoms with van der Waals surface area (Å²) in [4.78, 5) is 27.8. The van der Waals surface area contributed by atoms with Gasteiger partial charge in [0.25, 0.3) is 0 Å². The lowest BCUT2D eigenvalue weighted by atomic mass is 9.56. The number of Topliss-reactive ketones (excluding diaryl/α,β-unsaturated/α-hetero) is 1. The number of carbonyl (C=O) groups is 1. The molecule has 0 saturated heterocycles. The number of fused-ring (bicyclic) bond motifs is 3. The predicted molar refractivity (Wildman–Crippen MR) is 139 cm³/mol. The number of nitrogens with zero attached hydrogens (tertiary/aromatic N) is 4. The Hall–Kier alpha value is -3.72. The first kappa shape index (κ1) is 23.7. The molecule has 0 spiro atoms. The molecule has 6 rings (SSSR count). The third kappa shape index (κ3) is 3.80. The Morgan fingerprint density at radius 2 is 1.95 bits per heavy atom. The zero-order valence-electron chi connectivity index (χ0n) is 21.2. The fourth-order valence-electron chi connectivity index (χ4n) is 6.55. The molecule has 3 aliphatic carbocycles. The number of carbonyl (C=O) groups excluding carboxylic acids is 1. The van der Waals surface area contributed by atoms with Crippen molar-refractivity contribution < 1.29 is 9.18 Å². The summed E-state index contributed by atoms with van der Waals surface area (Å²) in [7, 11) is 0. The molecule has 1 saturated carbocycles. The van der Waals surface area contributed by atoms with Crippen LogP contribution in [0.2, 0.25) is 0 Å². The van der Waals surface area contributed by atoms with Crippen LogP contribution < -0.4 is 0 Å². The van der Waals surface area contributed by atoms with Gasteiger partial charge in [-0.25, -0.2) is 14.4 Å². The highest BCUT2D eigenvalue weighted by atomic mass is 19.1. The number of hydrogen-bond donors (Lipinski definition) is 0. The maximum atomic E-state index is 15.2. The number of nitriles is 1. The minimum Gasteiger partial charge on any atom is -0.293 e. The van der Waals surface area contributed by atoms with E-state index in [9.17, 15) is 10.1 Å². The fourth-order valence-corrected chi connectivity index (χ4v) is 6.55. The zero-order valence-corrected chi connectivity index (χ0v) is 21.2. The van der Waals surface area contributed by atoms with Crippen LogP contribution in [0.4, 0.5) is 4.39 Å². The summed E-state index contributed by atoms with van der Waals surface area (Å²) < 4.78 is 15.2. The third-order valence-electron chi connectivity index (χ3n) is 8.48. The predicted octanol–water partition coefficient (Wildman–Crippen LogP) is 6.49. The first-order valence-corrected chi connectivity index (χ1v) is 13.2. The lowest BCUT2D eigenvalue weighted by molar-refractivity contribution is -0.122. The molecule has 3 aliphatic rings. The van der Waals surface area contributed by atoms with Crippen LogP contribution in [0, 0.1) is 29.0 Å². The van der Waals surface area contributed by atoms with Gasteiger partial charge in [-0.3, -0.25) is 9.78 Å². The average molecular weight is 493 g/mol. The molecule has 3 aromatic rings. The number of pyridine rings is 1. The van der Waals surface area contributed by atoms with Gasteiger partial charge in [-0.15, -0.1) is 0 Å². The van der Waals surface area contributed by atoms with E-state index >= 15 is 4.39 Å². The molecule has 186 valence electrons. The summed E-state index contributed by atoms with van der Waals surface area (Å²) >= 11 is 0. The Balaban J connectivity index is 1.64. The van der Waals surface area contributed by atoms with E-state index < -0.39 is 5.41 Å². The van der Waals surface area contributed by atoms with Crippen LogP contribution >= 0.6 is 0 Å². The highest BCUT2D eigenvalue weighted by Crippen LogP contribution is 2.52. The molecule has 6 heteroatoms. The van der Waals surface area contributed by atoms with Gasteiger partial charge in [-0.1, -0.05) is 38.5 Å². The van der Waals surface area contributed by atoms with Gasteiger partial charge in [0.15, 0.2) is 11.6 Å². The largest absolute Gasteiger partial charge is 0.293 e. The lowest BCUT2D eigenvalue weighted by Crippen LogP contribution is -2.47. The first-order valence-electron chi connectivity index (χ1n) is 13.2. The highest BCUT2D eigenvalue weighted by Gasteiger charge is 2.51. The lowest BCUT2D eigenvalue weighted by Gasteiger charge is -2.46. The summed E-state index contributed by atoms with van der Waals surface area (Å²) in [6, 6.07) is 10.9. The number of ketones is 1. The smallest absolute Gasteiger partial charge is 0.176 e. The molecular formula is C31H29FN4O. The van der Waals surface area contributed by atoms with E-state index in [4.69, 9.17) is 9.97 Å². The van der Waals surface area contributed by atoms with Gasteiger partial charge in [-0.2, -0.15) is 5.26 Å². The molecule has 5 nitrogen and oxygen atoms in total. The van der Waals surface area contributed by atoms with Crippen LogP contribution in [0.25, 0.3) is 22.6 Å². The molecule has 1 fully saturated rings. The molecule has 0 aliphatic heterocycles. The van der Waals surface area contributed by atoms with Gasteiger partial charge < -0.3 is 0 Å². The van der Waals surface area contributed by atoms with Crippen molar-refractivity contribution in [3.63, 3.8) is 0 Å². The number of rotatable bonds is 5. The second-order valence-electron chi connectivity index (χ2n) is 10.8. The van der Waals surface area contributed by atoms with Crippen molar-refractivity contribution in [3.8, 4) is 28.7 Å². The van der Waals surface area contributed by atoms with Crippen LogP contribution in [0.3, 0.4) is 0 Å². The van der Waals surface area contributed by atoms with Crippen molar-refractivity contribution in [2.24, 2.45) is 11.8 Å². The number of hydrogen-bond acceptors (Lipinski definition) is 5. The normalized spacial score (nSPS) is 24.6. The SMILES string of the molecule is CCC[C@H]1C(=O)C(C#N)=C[C@@]2(C)c3nc(-c4ccncc4C4CC4)nc(-c4ccccc4F)c3CC[C@H]12. The van der Waals surface area contributed by atoms with Gasteiger partial charge in [0.05, 0.1) is 17.0 Å². The summed E-state index contributed by atoms with van der Waals surface area (Å²) in [6.45, 7) is 4.17. The molecule has 37 heavy (non-hydrogen) atoms. The van der Waals surface area contributed by atoms with Crippen molar-refractivity contribution in [2.75, 3.05) is 0 Å². The van der Waals surface area contributed by atoms with E-state index in [1.54, 1.807) is 18.3 Å². The zero-order chi connectivity index (χ0) is 25.7. The van der Waals surface area contributed by atoms with E-state index in [1.807, 2.05) is 24.4 Å². The third-order valence-corrected chi connectivity index (χ3v) is 8.48. The summed E-state index contributed by atoms with van der Waals surface area (Å²) in [5, 5.41) is 9.88. The molecule has 0 bridgehead atoms. The van der Waals surface area contributed by atoms with E-state index in [0.717, 1.165) is 54.5 Å². The first-order chi connectivity index (χ1) is 18.0. The molecule has 2 heterocycles. The van der Waals surface area contributed by atoms with E-state index in [1.165, 1.54) is 6.07 Å². The Kier molecular flexibility index (Phi) is 5.75. The van der Waals surface area contributed by atoms with Crippen molar-refractivity contribution in [1.29, 1.82) is 5.26 Å². The molecule has 2 aromatic heterocycles. The van der Waals surface area contributed by atoms with E-state index in [-0.39, 0.29) is 29.0 Å². The van der Waals surface area contributed by atoms with Crippen LogP contribution in [0.1, 0.15) is 68.7 Å². The molecular weight excluding hydrogens is 463 g/mol. The number of halogens is 1. The molecule has 0 unspecified atom stereocenters. The van der Waals surface area contributed by atoms with Gasteiger partial charge in [-0.05, 0) is 67.7 Å². The summed E-state index contributed by atoms with van der Waals surface area (Å²) in [5.41, 5.74) is 4.40. The molecule has 0 radical (unpaired) electrons. The van der Waals surface area contributed by atoms with E-state index in [0.29, 0.717) is 29.4 Å². The van der Waals surface area contributed by atoms with Gasteiger partial charge in [0.2, 0.25) is 0 Å². The van der Waals surface area contributed by atoms with Crippen molar-refractivity contribution >= 4 is 5.78 Å². The Bertz CT molecular complexity index is 1480. The van der Waals surface area contributed by atoms with Crippen LogP contribution in [-0.2, 0) is 16.6 Å². The van der Waals surface area contributed by atoms with E-state index in [2.05, 4.69) is 24.9 Å². The molecule has 0 N–H and O–H groups in total. The van der Waals surface area contributed by atoms with Gasteiger partial charge >= 0.3 is 0 Å². The summed E-state index contributed by atoms with van der Waals surface area (Å²) in [6.07, 6.45) is 10.7. The van der Waals surface area contributed by atoms with Gasteiger partial charge in [0.1, 0.15) is 11.9 Å². The maximum Gasteiger partial charge on any atom is 0.176 e. The topological polar surface area (TPSA) is 79.5 Å². The number of allylic oxidation sites excluding steroid dienone is 2. The second-order valence-corrected chi connectivity index (χ2v) is 10.8. The maximum absolute atomic E-state index is 15.2. The van der Waals surface area contributed by atoms with Crippen LogP contribution in [0.15, 0.2) is 54.4 Å². The monoisotopic (exact) mass is 492 g/mol.